The largest absolute Gasteiger partial charge is 0.497 e. The molecule has 0 radical (unpaired) electrons. The van der Waals surface area contributed by atoms with E-state index in [1.54, 1.807) is 17.0 Å². The van der Waals surface area contributed by atoms with Crippen molar-refractivity contribution in [2.75, 3.05) is 18.6 Å². The number of carbonyl (C=O) groups excluding carboxylic acids is 1. The average Bonchev–Trinajstić information content (AvgIpc) is 2.62. The Bertz CT molecular complexity index is 498. The highest BCUT2D eigenvalue weighted by atomic mass is 16.5. The monoisotopic (exact) mass is 263 g/mol. The fraction of sp³-hybridized carbons (Fsp3) is 0.429. The molecule has 1 fully saturated rings. The first-order valence-corrected chi connectivity index (χ1v) is 6.35. The summed E-state index contributed by atoms with van der Waals surface area (Å²) in [5.41, 5.74) is 0.565. The molecule has 0 saturated carbocycles. The van der Waals surface area contributed by atoms with E-state index in [0.29, 0.717) is 24.4 Å². The van der Waals surface area contributed by atoms with E-state index >= 15 is 0 Å². The number of hydrogen-bond acceptors (Lipinski definition) is 3. The Morgan fingerprint density at radius 2 is 2.11 bits per heavy atom. The molecule has 1 N–H and O–H groups in total. The molecule has 0 unspecified atom stereocenters. The number of benzene rings is 1. The number of carbonyl (C=O) groups is 2. The van der Waals surface area contributed by atoms with Crippen LogP contribution in [0.15, 0.2) is 18.2 Å². The molecule has 19 heavy (non-hydrogen) atoms. The third-order valence-electron chi connectivity index (χ3n) is 3.30. The fourth-order valence-corrected chi connectivity index (χ4v) is 2.29. The lowest BCUT2D eigenvalue weighted by atomic mass is 10.1. The number of carboxylic acid groups (broad SMARTS) is 1. The zero-order chi connectivity index (χ0) is 13.8. The van der Waals surface area contributed by atoms with Crippen LogP contribution in [0, 0.1) is 0 Å². The Balaban J connectivity index is 2.42. The smallest absolute Gasteiger partial charge is 0.337 e. The van der Waals surface area contributed by atoms with Gasteiger partial charge in [0.15, 0.2) is 0 Å². The van der Waals surface area contributed by atoms with Gasteiger partial charge in [0.05, 0.1) is 18.4 Å². The van der Waals surface area contributed by atoms with E-state index in [1.165, 1.54) is 13.2 Å². The Hall–Kier alpha value is -2.04. The molecule has 1 aromatic carbocycles. The number of nitrogens with zero attached hydrogens (tertiary/aromatic N) is 1. The minimum Gasteiger partial charge on any atom is -0.497 e. The second kappa shape index (κ2) is 5.73. The lowest BCUT2D eigenvalue weighted by Crippen LogP contribution is -2.31. The van der Waals surface area contributed by atoms with Gasteiger partial charge in [0.25, 0.3) is 0 Å². The second-order valence-corrected chi connectivity index (χ2v) is 4.54. The van der Waals surface area contributed by atoms with Crippen molar-refractivity contribution in [1.29, 1.82) is 0 Å². The molecule has 0 aromatic heterocycles. The summed E-state index contributed by atoms with van der Waals surface area (Å²) in [6.45, 7) is 0.575. The summed E-state index contributed by atoms with van der Waals surface area (Å²) >= 11 is 0. The number of aromatic carboxylic acids is 1. The molecule has 0 bridgehead atoms. The van der Waals surface area contributed by atoms with Gasteiger partial charge in [0.2, 0.25) is 5.91 Å². The molecule has 1 aromatic rings. The SMILES string of the molecule is COc1ccc(N2CCCCCC2=O)c(C(=O)O)c1. The van der Waals surface area contributed by atoms with Crippen molar-refractivity contribution in [3.8, 4) is 5.75 Å². The highest BCUT2D eigenvalue weighted by Crippen LogP contribution is 2.28. The standard InChI is InChI=1S/C14H17NO4/c1-19-10-6-7-12(11(9-10)14(17)18)15-8-4-2-3-5-13(15)16/h6-7,9H,2-5,8H2,1H3,(H,17,18). The van der Waals surface area contributed by atoms with Gasteiger partial charge in [-0.15, -0.1) is 0 Å². The predicted molar refractivity (Wildman–Crippen MR) is 70.8 cm³/mol. The van der Waals surface area contributed by atoms with Gasteiger partial charge in [-0.2, -0.15) is 0 Å². The topological polar surface area (TPSA) is 66.8 Å². The molecule has 1 aliphatic heterocycles. The lowest BCUT2D eigenvalue weighted by Gasteiger charge is -2.22. The van der Waals surface area contributed by atoms with E-state index in [4.69, 9.17) is 4.74 Å². The van der Waals surface area contributed by atoms with E-state index in [0.717, 1.165) is 19.3 Å². The van der Waals surface area contributed by atoms with Crippen molar-refractivity contribution in [2.45, 2.75) is 25.7 Å². The molecule has 1 heterocycles. The van der Waals surface area contributed by atoms with Crippen LogP contribution in [-0.2, 0) is 4.79 Å². The van der Waals surface area contributed by atoms with Crippen molar-refractivity contribution < 1.29 is 19.4 Å². The maximum absolute atomic E-state index is 12.0. The van der Waals surface area contributed by atoms with Crippen LogP contribution in [0.3, 0.4) is 0 Å². The van der Waals surface area contributed by atoms with E-state index < -0.39 is 5.97 Å². The van der Waals surface area contributed by atoms with Gasteiger partial charge in [0.1, 0.15) is 5.75 Å². The summed E-state index contributed by atoms with van der Waals surface area (Å²) in [6, 6.07) is 4.78. The second-order valence-electron chi connectivity index (χ2n) is 4.54. The highest BCUT2D eigenvalue weighted by molar-refractivity contribution is 6.02. The molecule has 0 atom stereocenters. The fourth-order valence-electron chi connectivity index (χ4n) is 2.29. The van der Waals surface area contributed by atoms with Gasteiger partial charge in [-0.25, -0.2) is 4.79 Å². The van der Waals surface area contributed by atoms with Crippen LogP contribution in [-0.4, -0.2) is 30.6 Å². The first kappa shape index (κ1) is 13.4. The summed E-state index contributed by atoms with van der Waals surface area (Å²) in [6.07, 6.45) is 3.25. The minimum atomic E-state index is -1.05. The highest BCUT2D eigenvalue weighted by Gasteiger charge is 2.23. The first-order chi connectivity index (χ1) is 9.13. The third kappa shape index (κ3) is 2.86. The number of amides is 1. The number of methoxy groups -OCH3 is 1. The van der Waals surface area contributed by atoms with Crippen LogP contribution in [0.25, 0.3) is 0 Å². The minimum absolute atomic E-state index is 0.00910. The Labute approximate surface area is 111 Å². The van der Waals surface area contributed by atoms with Crippen molar-refractivity contribution in [3.05, 3.63) is 23.8 Å². The molecule has 2 rings (SSSR count). The average molecular weight is 263 g/mol. The number of hydrogen-bond donors (Lipinski definition) is 1. The number of rotatable bonds is 3. The van der Waals surface area contributed by atoms with E-state index in [1.807, 2.05) is 0 Å². The lowest BCUT2D eigenvalue weighted by molar-refractivity contribution is -0.118. The third-order valence-corrected chi connectivity index (χ3v) is 3.30. The number of ether oxygens (including phenoxy) is 1. The summed E-state index contributed by atoms with van der Waals surface area (Å²) in [4.78, 5) is 25.0. The van der Waals surface area contributed by atoms with Crippen LogP contribution in [0.5, 0.6) is 5.75 Å². The molecule has 1 aliphatic rings. The quantitative estimate of drug-likeness (QED) is 0.908. The van der Waals surface area contributed by atoms with Gasteiger partial charge in [-0.05, 0) is 31.0 Å². The number of carboxylic acids is 1. The van der Waals surface area contributed by atoms with Crippen LogP contribution in [0.4, 0.5) is 5.69 Å². The normalized spacial score (nSPS) is 16.1. The van der Waals surface area contributed by atoms with Gasteiger partial charge in [-0.3, -0.25) is 4.79 Å². The van der Waals surface area contributed by atoms with Gasteiger partial charge < -0.3 is 14.7 Å². The Morgan fingerprint density at radius 3 is 2.79 bits per heavy atom. The predicted octanol–water partition coefficient (Wildman–Crippen LogP) is 2.30. The Morgan fingerprint density at radius 1 is 1.32 bits per heavy atom. The van der Waals surface area contributed by atoms with Gasteiger partial charge in [0, 0.05) is 13.0 Å². The van der Waals surface area contributed by atoms with E-state index in [2.05, 4.69) is 0 Å². The summed E-state index contributed by atoms with van der Waals surface area (Å²) in [5, 5.41) is 9.28. The summed E-state index contributed by atoms with van der Waals surface area (Å²) in [5.74, 6) is -0.584. The zero-order valence-electron chi connectivity index (χ0n) is 10.9. The Kier molecular flexibility index (Phi) is 4.04. The first-order valence-electron chi connectivity index (χ1n) is 6.35. The van der Waals surface area contributed by atoms with Gasteiger partial charge in [-0.1, -0.05) is 6.42 Å². The van der Waals surface area contributed by atoms with Crippen molar-refractivity contribution >= 4 is 17.6 Å². The van der Waals surface area contributed by atoms with Crippen LogP contribution >= 0.6 is 0 Å². The van der Waals surface area contributed by atoms with E-state index in [9.17, 15) is 14.7 Å². The van der Waals surface area contributed by atoms with Crippen molar-refractivity contribution in [3.63, 3.8) is 0 Å². The molecule has 0 spiro atoms. The number of anilines is 1. The summed E-state index contributed by atoms with van der Waals surface area (Å²) < 4.78 is 5.03. The zero-order valence-corrected chi connectivity index (χ0v) is 10.9. The molecular weight excluding hydrogens is 246 g/mol. The van der Waals surface area contributed by atoms with Gasteiger partial charge >= 0.3 is 5.97 Å². The maximum atomic E-state index is 12.0. The van der Waals surface area contributed by atoms with Crippen LogP contribution in [0.2, 0.25) is 0 Å². The van der Waals surface area contributed by atoms with Crippen molar-refractivity contribution in [2.24, 2.45) is 0 Å². The molecular formula is C14H17NO4. The van der Waals surface area contributed by atoms with Crippen LogP contribution < -0.4 is 9.64 Å². The molecule has 5 heteroatoms. The molecule has 1 saturated heterocycles. The van der Waals surface area contributed by atoms with Crippen molar-refractivity contribution in [1.82, 2.24) is 0 Å². The molecule has 5 nitrogen and oxygen atoms in total. The molecule has 0 aliphatic carbocycles. The van der Waals surface area contributed by atoms with Crippen LogP contribution in [0.1, 0.15) is 36.0 Å². The maximum Gasteiger partial charge on any atom is 0.337 e. The molecule has 1 amide bonds. The summed E-state index contributed by atoms with van der Waals surface area (Å²) in [7, 11) is 1.48. The van der Waals surface area contributed by atoms with E-state index in [-0.39, 0.29) is 11.5 Å². The molecule has 102 valence electrons.